The van der Waals surface area contributed by atoms with Crippen LogP contribution in [0.4, 0.5) is 0 Å². The molecule has 0 radical (unpaired) electrons. The van der Waals surface area contributed by atoms with Gasteiger partial charge in [-0.15, -0.1) is 0 Å². The van der Waals surface area contributed by atoms with Gasteiger partial charge in [0.05, 0.1) is 0 Å². The van der Waals surface area contributed by atoms with E-state index in [2.05, 4.69) is 14.0 Å². The summed E-state index contributed by atoms with van der Waals surface area (Å²) in [7, 11) is 4.58. The van der Waals surface area contributed by atoms with E-state index in [4.69, 9.17) is 6.57 Å². The van der Waals surface area contributed by atoms with Gasteiger partial charge in [-0.25, -0.2) is 6.57 Å². The molecular formula is C7H11AuClN. The van der Waals surface area contributed by atoms with Crippen LogP contribution < -0.4 is 0 Å². The van der Waals surface area contributed by atoms with Crippen molar-refractivity contribution >= 4 is 9.19 Å². The fourth-order valence-corrected chi connectivity index (χ4v) is 1.21. The second-order valence-electron chi connectivity index (χ2n) is 2.42. The van der Waals surface area contributed by atoms with Gasteiger partial charge >= 0.3 is 29.2 Å². The first-order chi connectivity index (χ1) is 4.93. The zero-order valence-electron chi connectivity index (χ0n) is 5.74. The predicted octanol–water partition coefficient (Wildman–Crippen LogP) is 2.93. The Balaban J connectivity index is 0.000000371. The number of rotatable bonds is 0. The maximum atomic E-state index is 6.72. The molecule has 1 saturated carbocycles. The van der Waals surface area contributed by atoms with Gasteiger partial charge in [0.2, 0.25) is 6.04 Å². The van der Waals surface area contributed by atoms with E-state index in [9.17, 15) is 0 Å². The van der Waals surface area contributed by atoms with Crippen molar-refractivity contribution in [2.75, 3.05) is 0 Å². The summed E-state index contributed by atoms with van der Waals surface area (Å²) in [5.41, 5.74) is 0. The van der Waals surface area contributed by atoms with E-state index in [-0.39, 0.29) is 0 Å². The third kappa shape index (κ3) is 4.35. The van der Waals surface area contributed by atoms with Crippen LogP contribution in [0.5, 0.6) is 0 Å². The maximum absolute atomic E-state index is 6.72. The molecule has 0 spiro atoms. The van der Waals surface area contributed by atoms with Crippen LogP contribution in [0.1, 0.15) is 32.1 Å². The van der Waals surface area contributed by atoms with Crippen LogP contribution in [0, 0.1) is 6.57 Å². The van der Waals surface area contributed by atoms with E-state index in [1.54, 1.807) is 20.0 Å². The molecule has 0 aromatic rings. The molecule has 0 aliphatic heterocycles. The number of halogens is 1. The molecule has 1 aliphatic rings. The minimum absolute atomic E-state index is 0.378. The minimum atomic E-state index is 0.378. The second kappa shape index (κ2) is 7.63. The van der Waals surface area contributed by atoms with Crippen LogP contribution in [-0.2, 0) is 20.0 Å². The van der Waals surface area contributed by atoms with Crippen molar-refractivity contribution in [3.05, 3.63) is 11.4 Å². The fourth-order valence-electron chi connectivity index (χ4n) is 1.21. The molecular weight excluding hydrogens is 331 g/mol. The Hall–Kier alpha value is 0.520. The predicted molar refractivity (Wildman–Crippen MR) is 39.3 cm³/mol. The summed E-state index contributed by atoms with van der Waals surface area (Å²) in [4.78, 5) is 3.50. The van der Waals surface area contributed by atoms with Crippen molar-refractivity contribution in [2.45, 2.75) is 38.1 Å². The summed E-state index contributed by atoms with van der Waals surface area (Å²) in [5, 5.41) is 0. The van der Waals surface area contributed by atoms with E-state index in [1.807, 2.05) is 0 Å². The number of nitrogens with zero attached hydrogens (tertiary/aromatic N) is 1. The average molecular weight is 342 g/mol. The standard InChI is InChI=1S/C7H11N.Au.ClH/c1-8-7-5-3-2-4-6-7;;/h7H,2-6H2;;1H/q;+1;/p-1. The zero-order chi connectivity index (χ0) is 7.82. The molecule has 0 N–H and O–H groups in total. The van der Waals surface area contributed by atoms with E-state index in [0.29, 0.717) is 6.04 Å². The number of hydrogen-bond acceptors (Lipinski definition) is 0. The Morgan fingerprint density at radius 3 is 2.00 bits per heavy atom. The topological polar surface area (TPSA) is 4.36 Å². The number of hydrogen-bond donors (Lipinski definition) is 0. The molecule has 0 aromatic heterocycles. The van der Waals surface area contributed by atoms with Gasteiger partial charge in [0.15, 0.2) is 0 Å². The monoisotopic (exact) mass is 341 g/mol. The molecule has 0 amide bonds. The third-order valence-corrected chi connectivity index (χ3v) is 1.76. The summed E-state index contributed by atoms with van der Waals surface area (Å²) in [5.74, 6) is 0. The molecule has 0 saturated heterocycles. The van der Waals surface area contributed by atoms with Crippen LogP contribution >= 0.6 is 9.19 Å². The van der Waals surface area contributed by atoms with Crippen LogP contribution in [0.15, 0.2) is 0 Å². The molecule has 1 fully saturated rings. The summed E-state index contributed by atoms with van der Waals surface area (Å²) < 4.78 is 0. The van der Waals surface area contributed by atoms with Crippen LogP contribution in [0.2, 0.25) is 0 Å². The van der Waals surface area contributed by atoms with Crippen LogP contribution in [0.25, 0.3) is 4.85 Å². The van der Waals surface area contributed by atoms with Gasteiger partial charge in [0.1, 0.15) is 0 Å². The first kappa shape index (κ1) is 10.5. The van der Waals surface area contributed by atoms with Crippen molar-refractivity contribution in [3.63, 3.8) is 0 Å². The zero-order valence-corrected chi connectivity index (χ0v) is 8.66. The van der Waals surface area contributed by atoms with Crippen molar-refractivity contribution in [1.29, 1.82) is 0 Å². The van der Waals surface area contributed by atoms with Crippen LogP contribution in [0.3, 0.4) is 0 Å². The van der Waals surface area contributed by atoms with E-state index < -0.39 is 0 Å². The molecule has 0 bridgehead atoms. The van der Waals surface area contributed by atoms with E-state index in [1.165, 1.54) is 19.3 Å². The van der Waals surface area contributed by atoms with Crippen molar-refractivity contribution in [3.8, 4) is 0 Å². The summed E-state index contributed by atoms with van der Waals surface area (Å²) >= 11 is 1.75. The van der Waals surface area contributed by atoms with Crippen molar-refractivity contribution in [1.82, 2.24) is 0 Å². The molecule has 62 valence electrons. The van der Waals surface area contributed by atoms with Gasteiger partial charge in [0, 0.05) is 12.8 Å². The fraction of sp³-hybridized carbons (Fsp3) is 0.857. The Bertz CT molecular complexity index is 105. The first-order valence-corrected chi connectivity index (χ1v) is 6.10. The van der Waals surface area contributed by atoms with Gasteiger partial charge in [-0.3, -0.25) is 0 Å². The van der Waals surface area contributed by atoms with Crippen molar-refractivity contribution < 1.29 is 20.0 Å². The molecule has 1 nitrogen and oxygen atoms in total. The second-order valence-corrected chi connectivity index (χ2v) is 2.42. The van der Waals surface area contributed by atoms with E-state index >= 15 is 0 Å². The molecule has 0 atom stereocenters. The van der Waals surface area contributed by atoms with Gasteiger partial charge in [0.25, 0.3) is 0 Å². The molecule has 0 heterocycles. The Morgan fingerprint density at radius 2 is 1.70 bits per heavy atom. The summed E-state index contributed by atoms with van der Waals surface area (Å²) in [6.45, 7) is 6.72. The van der Waals surface area contributed by atoms with Gasteiger partial charge in [-0.1, -0.05) is 6.42 Å². The van der Waals surface area contributed by atoms with Gasteiger partial charge < -0.3 is 4.85 Å². The normalized spacial score (nSPS) is 18.6. The SMILES string of the molecule is [C-]#[N+]C1CCCCC1.[Cl][Au]. The average Bonchev–Trinajstić information content (AvgIpc) is 2.10. The van der Waals surface area contributed by atoms with Crippen molar-refractivity contribution in [2.24, 2.45) is 0 Å². The summed E-state index contributed by atoms with van der Waals surface area (Å²) in [6, 6.07) is 0.378. The Morgan fingerprint density at radius 1 is 1.20 bits per heavy atom. The Kier molecular flexibility index (Phi) is 8.02. The van der Waals surface area contributed by atoms with E-state index in [0.717, 1.165) is 12.8 Å². The first-order valence-electron chi connectivity index (χ1n) is 3.41. The molecule has 3 heteroatoms. The molecule has 0 aromatic carbocycles. The Labute approximate surface area is 78.7 Å². The molecule has 0 unspecified atom stereocenters. The molecule has 1 aliphatic carbocycles. The quantitative estimate of drug-likeness (QED) is 0.471. The van der Waals surface area contributed by atoms with Gasteiger partial charge in [-0.2, -0.15) is 0 Å². The molecule has 10 heavy (non-hydrogen) atoms. The van der Waals surface area contributed by atoms with Crippen LogP contribution in [-0.4, -0.2) is 6.04 Å². The third-order valence-electron chi connectivity index (χ3n) is 1.76. The van der Waals surface area contributed by atoms with Gasteiger partial charge in [-0.05, 0) is 12.8 Å². The molecule has 1 rings (SSSR count). The summed E-state index contributed by atoms with van der Waals surface area (Å²) in [6.07, 6.45) is 6.24.